The van der Waals surface area contributed by atoms with Gasteiger partial charge in [-0.25, -0.2) is 4.39 Å². The molecule has 1 aromatic carbocycles. The first-order valence-corrected chi connectivity index (χ1v) is 6.94. The Morgan fingerprint density at radius 1 is 1.33 bits per heavy atom. The number of nitrogens with zero attached hydrogens (tertiary/aromatic N) is 3. The van der Waals surface area contributed by atoms with Gasteiger partial charge < -0.3 is 9.80 Å². The normalized spacial score (nSPS) is 16.0. The van der Waals surface area contributed by atoms with Crippen molar-refractivity contribution >= 4 is 11.6 Å². The Morgan fingerprint density at radius 2 is 2.00 bits per heavy atom. The Kier molecular flexibility index (Phi) is 4.85. The van der Waals surface area contributed by atoms with Gasteiger partial charge in [0.25, 0.3) is 5.69 Å². The Balaban J connectivity index is 1.98. The number of carbonyl (C=O) groups is 1. The third-order valence-electron chi connectivity index (χ3n) is 3.76. The molecule has 7 heteroatoms. The van der Waals surface area contributed by atoms with Crippen molar-refractivity contribution in [3.63, 3.8) is 0 Å². The van der Waals surface area contributed by atoms with Gasteiger partial charge in [-0.2, -0.15) is 0 Å². The van der Waals surface area contributed by atoms with E-state index in [9.17, 15) is 19.3 Å². The van der Waals surface area contributed by atoms with Crippen LogP contribution in [-0.4, -0.2) is 53.4 Å². The number of non-ortho nitro benzene ring substituents is 1. The summed E-state index contributed by atoms with van der Waals surface area (Å²) in [5.41, 5.74) is -0.108. The predicted octanol–water partition coefficient (Wildman–Crippen LogP) is 1.44. The Labute approximate surface area is 122 Å². The zero-order chi connectivity index (χ0) is 15.4. The van der Waals surface area contributed by atoms with Crippen molar-refractivity contribution in [2.24, 2.45) is 0 Å². The van der Waals surface area contributed by atoms with Crippen molar-refractivity contribution < 1.29 is 14.1 Å². The van der Waals surface area contributed by atoms with E-state index in [4.69, 9.17) is 0 Å². The van der Waals surface area contributed by atoms with E-state index in [0.29, 0.717) is 13.1 Å². The van der Waals surface area contributed by atoms with Crippen LogP contribution >= 0.6 is 0 Å². The van der Waals surface area contributed by atoms with Crippen LogP contribution < -0.4 is 0 Å². The van der Waals surface area contributed by atoms with E-state index >= 15 is 0 Å². The lowest BCUT2D eigenvalue weighted by Gasteiger charge is -2.34. The summed E-state index contributed by atoms with van der Waals surface area (Å²) < 4.78 is 13.8. The molecule has 6 nitrogen and oxygen atoms in total. The lowest BCUT2D eigenvalue weighted by molar-refractivity contribution is -0.385. The quantitative estimate of drug-likeness (QED) is 0.623. The van der Waals surface area contributed by atoms with Crippen LogP contribution in [-0.2, 0) is 11.2 Å². The number of amides is 1. The number of hydrogen-bond acceptors (Lipinski definition) is 4. The van der Waals surface area contributed by atoms with Gasteiger partial charge in [0.05, 0.1) is 17.4 Å². The van der Waals surface area contributed by atoms with Crippen LogP contribution in [0, 0.1) is 15.9 Å². The predicted molar refractivity (Wildman–Crippen MR) is 75.5 cm³/mol. The third-order valence-corrected chi connectivity index (χ3v) is 3.76. The molecule has 21 heavy (non-hydrogen) atoms. The van der Waals surface area contributed by atoms with Gasteiger partial charge >= 0.3 is 0 Å². The van der Waals surface area contributed by atoms with Crippen LogP contribution in [0.25, 0.3) is 0 Å². The van der Waals surface area contributed by atoms with E-state index in [1.165, 1.54) is 12.1 Å². The van der Waals surface area contributed by atoms with Crippen LogP contribution in [0.1, 0.15) is 12.5 Å². The fourth-order valence-electron chi connectivity index (χ4n) is 2.38. The molecule has 0 spiro atoms. The Hall–Kier alpha value is -2.02. The highest BCUT2D eigenvalue weighted by molar-refractivity contribution is 5.79. The van der Waals surface area contributed by atoms with Gasteiger partial charge in [0, 0.05) is 32.2 Å². The minimum atomic E-state index is -0.704. The van der Waals surface area contributed by atoms with Crippen molar-refractivity contribution in [3.05, 3.63) is 39.7 Å². The Morgan fingerprint density at radius 3 is 2.52 bits per heavy atom. The molecular weight excluding hydrogens is 277 g/mol. The molecule has 0 bridgehead atoms. The number of hydrogen-bond donors (Lipinski definition) is 0. The summed E-state index contributed by atoms with van der Waals surface area (Å²) in [6.45, 7) is 5.96. The third kappa shape index (κ3) is 3.75. The molecule has 2 rings (SSSR count). The minimum Gasteiger partial charge on any atom is -0.340 e. The molecule has 1 amide bonds. The first-order chi connectivity index (χ1) is 10.0. The van der Waals surface area contributed by atoms with Crippen LogP contribution in [0.4, 0.5) is 10.1 Å². The van der Waals surface area contributed by atoms with E-state index in [1.54, 1.807) is 4.90 Å². The summed E-state index contributed by atoms with van der Waals surface area (Å²) in [6, 6.07) is 3.39. The van der Waals surface area contributed by atoms with Crippen LogP contribution in [0.15, 0.2) is 18.2 Å². The van der Waals surface area contributed by atoms with Crippen LogP contribution in [0.5, 0.6) is 0 Å². The van der Waals surface area contributed by atoms with Gasteiger partial charge in [-0.15, -0.1) is 0 Å². The summed E-state index contributed by atoms with van der Waals surface area (Å²) >= 11 is 0. The fourth-order valence-corrected chi connectivity index (χ4v) is 2.38. The minimum absolute atomic E-state index is 0.0596. The van der Waals surface area contributed by atoms with Gasteiger partial charge in [-0.05, 0) is 18.2 Å². The fraction of sp³-hybridized carbons (Fsp3) is 0.500. The summed E-state index contributed by atoms with van der Waals surface area (Å²) in [7, 11) is 0. The molecule has 0 aliphatic carbocycles. The van der Waals surface area contributed by atoms with E-state index < -0.39 is 10.7 Å². The molecule has 1 saturated heterocycles. The van der Waals surface area contributed by atoms with Crippen LogP contribution in [0.3, 0.4) is 0 Å². The summed E-state index contributed by atoms with van der Waals surface area (Å²) in [4.78, 5) is 26.0. The maximum atomic E-state index is 13.8. The average molecular weight is 295 g/mol. The van der Waals surface area contributed by atoms with E-state index in [0.717, 1.165) is 25.7 Å². The highest BCUT2D eigenvalue weighted by Gasteiger charge is 2.21. The van der Waals surface area contributed by atoms with Crippen molar-refractivity contribution in [2.45, 2.75) is 13.3 Å². The van der Waals surface area contributed by atoms with Crippen molar-refractivity contribution in [1.29, 1.82) is 0 Å². The van der Waals surface area contributed by atoms with Crippen molar-refractivity contribution in [2.75, 3.05) is 32.7 Å². The van der Waals surface area contributed by atoms with Crippen LogP contribution in [0.2, 0.25) is 0 Å². The molecule has 0 radical (unpaired) electrons. The first-order valence-electron chi connectivity index (χ1n) is 6.94. The molecule has 114 valence electrons. The van der Waals surface area contributed by atoms with E-state index in [2.05, 4.69) is 11.8 Å². The molecule has 0 atom stereocenters. The molecule has 0 aromatic heterocycles. The zero-order valence-electron chi connectivity index (χ0n) is 11.9. The highest BCUT2D eigenvalue weighted by Crippen LogP contribution is 2.17. The second kappa shape index (κ2) is 6.62. The summed E-state index contributed by atoms with van der Waals surface area (Å²) in [5.74, 6) is -0.844. The van der Waals surface area contributed by atoms with E-state index in [1.807, 2.05) is 0 Å². The number of nitro groups is 1. The SMILES string of the molecule is CCN1CCN(C(=O)Cc2ccc([N+](=O)[O-])cc2F)CC1. The van der Waals surface area contributed by atoms with Gasteiger partial charge in [0.2, 0.25) is 5.91 Å². The second-order valence-corrected chi connectivity index (χ2v) is 5.02. The highest BCUT2D eigenvalue weighted by atomic mass is 19.1. The van der Waals surface area contributed by atoms with Gasteiger partial charge in [-0.1, -0.05) is 6.92 Å². The lowest BCUT2D eigenvalue weighted by atomic mass is 10.1. The molecule has 1 aliphatic rings. The monoisotopic (exact) mass is 295 g/mol. The number of carbonyl (C=O) groups excluding carboxylic acids is 1. The topological polar surface area (TPSA) is 66.7 Å². The summed E-state index contributed by atoms with van der Waals surface area (Å²) in [5, 5.41) is 10.6. The molecule has 1 aliphatic heterocycles. The number of likely N-dealkylation sites (N-methyl/N-ethyl adjacent to an activating group) is 1. The zero-order valence-corrected chi connectivity index (χ0v) is 11.9. The average Bonchev–Trinajstić information content (AvgIpc) is 2.49. The number of halogens is 1. The second-order valence-electron chi connectivity index (χ2n) is 5.02. The van der Waals surface area contributed by atoms with Gasteiger partial charge in [0.1, 0.15) is 5.82 Å². The standard InChI is InChI=1S/C14H18FN3O3/c1-2-16-5-7-17(8-6-16)14(19)9-11-3-4-12(18(20)21)10-13(11)15/h3-4,10H,2,5-9H2,1H3. The molecule has 1 heterocycles. The number of rotatable bonds is 4. The largest absolute Gasteiger partial charge is 0.340 e. The van der Waals surface area contributed by atoms with E-state index in [-0.39, 0.29) is 23.6 Å². The first kappa shape index (κ1) is 15.4. The number of piperazine rings is 1. The van der Waals surface area contributed by atoms with Gasteiger partial charge in [-0.3, -0.25) is 14.9 Å². The molecule has 0 N–H and O–H groups in total. The Bertz CT molecular complexity index is 542. The van der Waals surface area contributed by atoms with Crippen molar-refractivity contribution in [3.8, 4) is 0 Å². The maximum Gasteiger partial charge on any atom is 0.272 e. The molecule has 1 fully saturated rings. The maximum absolute atomic E-state index is 13.8. The van der Waals surface area contributed by atoms with Gasteiger partial charge in [0.15, 0.2) is 0 Å². The summed E-state index contributed by atoms with van der Waals surface area (Å²) in [6.07, 6.45) is -0.0596. The molecule has 0 unspecified atom stereocenters. The smallest absolute Gasteiger partial charge is 0.272 e. The molecular formula is C14H18FN3O3. The lowest BCUT2D eigenvalue weighted by Crippen LogP contribution is -2.48. The van der Waals surface area contributed by atoms with Crippen molar-refractivity contribution in [1.82, 2.24) is 9.80 Å². The molecule has 1 aromatic rings. The number of benzene rings is 1. The number of nitro benzene ring substituents is 1. The molecule has 0 saturated carbocycles.